The molecule has 0 saturated heterocycles. The fourth-order valence-electron chi connectivity index (χ4n) is 4.43. The van der Waals surface area contributed by atoms with Crippen LogP contribution in [0, 0.1) is 17.8 Å². The lowest BCUT2D eigenvalue weighted by Gasteiger charge is -2.21. The van der Waals surface area contributed by atoms with Crippen LogP contribution in [0.5, 0.6) is 0 Å². The maximum Gasteiger partial charge on any atom is 0.220 e. The molecule has 2 bridgehead atoms. The monoisotopic (exact) mass is 261 g/mol. The lowest BCUT2D eigenvalue weighted by atomic mass is 9.86. The molecule has 0 aliphatic heterocycles. The fraction of sp³-hybridized carbons (Fsp3) is 0.824. The first kappa shape index (κ1) is 13.2. The largest absolute Gasteiger partial charge is 0.356 e. The van der Waals surface area contributed by atoms with E-state index in [0.29, 0.717) is 11.8 Å². The van der Waals surface area contributed by atoms with Crippen LogP contribution >= 0.6 is 0 Å². The van der Waals surface area contributed by atoms with Crippen LogP contribution in [0.1, 0.15) is 64.2 Å². The summed E-state index contributed by atoms with van der Waals surface area (Å²) < 4.78 is 0. The molecule has 1 N–H and O–H groups in total. The van der Waals surface area contributed by atoms with Crippen LogP contribution in [0.25, 0.3) is 0 Å². The number of amides is 1. The highest BCUT2D eigenvalue weighted by molar-refractivity contribution is 5.76. The molecule has 106 valence electrons. The molecule has 2 saturated carbocycles. The first-order chi connectivity index (χ1) is 9.31. The maximum atomic E-state index is 12.0. The standard InChI is InChI=1S/C17H27NO/c19-17(12-16-11-14-6-7-15(16)10-14)18-9-8-13-4-2-1-3-5-13/h4,14-16H,1-3,5-12H2,(H,18,19)/t14-,15-,16+/m0/s1. The van der Waals surface area contributed by atoms with E-state index in [1.807, 2.05) is 0 Å². The second-order valence-corrected chi connectivity index (χ2v) is 6.85. The molecule has 2 fully saturated rings. The van der Waals surface area contributed by atoms with Crippen molar-refractivity contribution < 1.29 is 4.79 Å². The van der Waals surface area contributed by atoms with Crippen LogP contribution in [0.2, 0.25) is 0 Å². The van der Waals surface area contributed by atoms with Crippen molar-refractivity contribution in [1.29, 1.82) is 0 Å². The molecule has 0 aromatic heterocycles. The quantitative estimate of drug-likeness (QED) is 0.749. The molecule has 0 aromatic rings. The molecule has 3 rings (SSSR count). The number of hydrogen-bond acceptors (Lipinski definition) is 1. The Labute approximate surface area is 117 Å². The summed E-state index contributed by atoms with van der Waals surface area (Å²) in [7, 11) is 0. The van der Waals surface area contributed by atoms with Gasteiger partial charge in [-0.05, 0) is 69.1 Å². The van der Waals surface area contributed by atoms with E-state index in [1.54, 1.807) is 5.57 Å². The van der Waals surface area contributed by atoms with E-state index in [4.69, 9.17) is 0 Å². The van der Waals surface area contributed by atoms with Gasteiger partial charge in [0.05, 0.1) is 0 Å². The van der Waals surface area contributed by atoms with Gasteiger partial charge >= 0.3 is 0 Å². The molecule has 0 spiro atoms. The van der Waals surface area contributed by atoms with Crippen molar-refractivity contribution in [1.82, 2.24) is 5.32 Å². The zero-order valence-electron chi connectivity index (χ0n) is 12.0. The third kappa shape index (κ3) is 3.40. The van der Waals surface area contributed by atoms with Crippen LogP contribution in [-0.2, 0) is 4.79 Å². The Hall–Kier alpha value is -0.790. The predicted octanol–water partition coefficient (Wildman–Crippen LogP) is 3.82. The number of carbonyl (C=O) groups is 1. The Morgan fingerprint density at radius 3 is 2.89 bits per heavy atom. The third-order valence-electron chi connectivity index (χ3n) is 5.49. The number of carbonyl (C=O) groups excluding carboxylic acids is 1. The average molecular weight is 261 g/mol. The summed E-state index contributed by atoms with van der Waals surface area (Å²) in [5.41, 5.74) is 1.56. The van der Waals surface area contributed by atoms with E-state index in [0.717, 1.165) is 31.2 Å². The molecule has 3 aliphatic carbocycles. The number of rotatable bonds is 5. The minimum atomic E-state index is 0.300. The van der Waals surface area contributed by atoms with Gasteiger partial charge in [0.1, 0.15) is 0 Å². The van der Waals surface area contributed by atoms with Crippen molar-refractivity contribution in [3.63, 3.8) is 0 Å². The van der Waals surface area contributed by atoms with Gasteiger partial charge in [-0.1, -0.05) is 18.1 Å². The van der Waals surface area contributed by atoms with Gasteiger partial charge in [-0.25, -0.2) is 0 Å². The van der Waals surface area contributed by atoms with E-state index in [1.165, 1.54) is 51.4 Å². The van der Waals surface area contributed by atoms with Gasteiger partial charge in [-0.3, -0.25) is 4.79 Å². The summed E-state index contributed by atoms with van der Waals surface area (Å²) >= 11 is 0. The van der Waals surface area contributed by atoms with Gasteiger partial charge in [0, 0.05) is 13.0 Å². The van der Waals surface area contributed by atoms with Gasteiger partial charge in [0.2, 0.25) is 5.91 Å². The van der Waals surface area contributed by atoms with Crippen LogP contribution in [-0.4, -0.2) is 12.5 Å². The zero-order valence-corrected chi connectivity index (χ0v) is 12.0. The Morgan fingerprint density at radius 2 is 2.21 bits per heavy atom. The first-order valence-electron chi connectivity index (χ1n) is 8.26. The second kappa shape index (κ2) is 6.11. The van der Waals surface area contributed by atoms with E-state index in [-0.39, 0.29) is 0 Å². The van der Waals surface area contributed by atoms with Gasteiger partial charge < -0.3 is 5.32 Å². The topological polar surface area (TPSA) is 29.1 Å². The fourth-order valence-corrected chi connectivity index (χ4v) is 4.43. The average Bonchev–Trinajstić information content (AvgIpc) is 3.02. The Kier molecular flexibility index (Phi) is 4.24. The third-order valence-corrected chi connectivity index (χ3v) is 5.49. The molecular weight excluding hydrogens is 234 g/mol. The van der Waals surface area contributed by atoms with Crippen LogP contribution in [0.15, 0.2) is 11.6 Å². The highest BCUT2D eigenvalue weighted by Gasteiger charge is 2.39. The van der Waals surface area contributed by atoms with Gasteiger partial charge in [-0.2, -0.15) is 0 Å². The number of fused-ring (bicyclic) bond motifs is 2. The second-order valence-electron chi connectivity index (χ2n) is 6.85. The Bertz CT molecular complexity index is 360. The van der Waals surface area contributed by atoms with Crippen molar-refractivity contribution in [2.24, 2.45) is 17.8 Å². The molecule has 0 heterocycles. The van der Waals surface area contributed by atoms with Crippen molar-refractivity contribution >= 4 is 5.91 Å². The lowest BCUT2D eigenvalue weighted by molar-refractivity contribution is -0.122. The highest BCUT2D eigenvalue weighted by Crippen LogP contribution is 2.49. The Balaban J connectivity index is 1.34. The van der Waals surface area contributed by atoms with Crippen molar-refractivity contribution in [2.45, 2.75) is 64.2 Å². The molecule has 3 atom stereocenters. The molecule has 0 aromatic carbocycles. The summed E-state index contributed by atoms with van der Waals surface area (Å²) in [5, 5.41) is 3.14. The van der Waals surface area contributed by atoms with E-state index < -0.39 is 0 Å². The minimum absolute atomic E-state index is 0.300. The number of allylic oxidation sites excluding steroid dienone is 1. The van der Waals surface area contributed by atoms with Crippen LogP contribution in [0.4, 0.5) is 0 Å². The molecule has 3 aliphatic rings. The van der Waals surface area contributed by atoms with Crippen molar-refractivity contribution in [2.75, 3.05) is 6.54 Å². The predicted molar refractivity (Wildman–Crippen MR) is 77.7 cm³/mol. The SMILES string of the molecule is O=C(C[C@H]1C[C@H]2CC[C@H]1C2)NCCC1=CCCCC1. The van der Waals surface area contributed by atoms with E-state index >= 15 is 0 Å². The Morgan fingerprint density at radius 1 is 1.26 bits per heavy atom. The van der Waals surface area contributed by atoms with Gasteiger partial charge in [-0.15, -0.1) is 0 Å². The molecular formula is C17H27NO. The summed E-state index contributed by atoms with van der Waals surface area (Å²) in [5.74, 6) is 2.83. The van der Waals surface area contributed by atoms with Gasteiger partial charge in [0.15, 0.2) is 0 Å². The summed E-state index contributed by atoms with van der Waals surface area (Å²) in [6, 6.07) is 0. The number of nitrogens with one attached hydrogen (secondary N) is 1. The summed E-state index contributed by atoms with van der Waals surface area (Å²) in [6.45, 7) is 0.853. The minimum Gasteiger partial charge on any atom is -0.356 e. The zero-order chi connectivity index (χ0) is 13.1. The normalized spacial score (nSPS) is 33.3. The molecule has 1 amide bonds. The van der Waals surface area contributed by atoms with E-state index in [2.05, 4.69) is 11.4 Å². The summed E-state index contributed by atoms with van der Waals surface area (Å²) in [6.07, 6.45) is 15.0. The molecule has 0 unspecified atom stereocenters. The molecule has 2 heteroatoms. The summed E-state index contributed by atoms with van der Waals surface area (Å²) in [4.78, 5) is 12.0. The molecule has 2 nitrogen and oxygen atoms in total. The molecule has 0 radical (unpaired) electrons. The van der Waals surface area contributed by atoms with Crippen molar-refractivity contribution in [3.05, 3.63) is 11.6 Å². The highest BCUT2D eigenvalue weighted by atomic mass is 16.1. The van der Waals surface area contributed by atoms with Crippen LogP contribution < -0.4 is 5.32 Å². The van der Waals surface area contributed by atoms with E-state index in [9.17, 15) is 4.79 Å². The lowest BCUT2D eigenvalue weighted by Crippen LogP contribution is -2.28. The number of hydrogen-bond donors (Lipinski definition) is 1. The van der Waals surface area contributed by atoms with Crippen molar-refractivity contribution in [3.8, 4) is 0 Å². The smallest absolute Gasteiger partial charge is 0.220 e. The maximum absolute atomic E-state index is 12.0. The first-order valence-corrected chi connectivity index (χ1v) is 8.26. The molecule has 19 heavy (non-hydrogen) atoms. The van der Waals surface area contributed by atoms with Gasteiger partial charge in [0.25, 0.3) is 0 Å². The van der Waals surface area contributed by atoms with Crippen LogP contribution in [0.3, 0.4) is 0 Å².